The Morgan fingerprint density at radius 1 is 1.11 bits per heavy atom. The van der Waals surface area contributed by atoms with E-state index in [0.717, 1.165) is 37.5 Å². The molecule has 2 aromatic heterocycles. The highest BCUT2D eigenvalue weighted by molar-refractivity contribution is 9.10. The third-order valence-electron chi connectivity index (χ3n) is 5.15. The smallest absolute Gasteiger partial charge is 0.329 e. The summed E-state index contributed by atoms with van der Waals surface area (Å²) in [6.07, 6.45) is 1.99. The van der Waals surface area contributed by atoms with Crippen molar-refractivity contribution >= 4 is 43.8 Å². The summed E-state index contributed by atoms with van der Waals surface area (Å²) in [5.41, 5.74) is 4.68. The molecule has 0 spiro atoms. The van der Waals surface area contributed by atoms with E-state index < -0.39 is 5.97 Å². The van der Waals surface area contributed by atoms with Gasteiger partial charge < -0.3 is 9.67 Å². The van der Waals surface area contributed by atoms with Gasteiger partial charge in [0.15, 0.2) is 0 Å². The molecule has 0 saturated heterocycles. The fourth-order valence-corrected chi connectivity index (χ4v) is 4.57. The molecule has 7 heteroatoms. The van der Waals surface area contributed by atoms with Crippen molar-refractivity contribution in [2.45, 2.75) is 26.4 Å². The molecule has 0 unspecified atom stereocenters. The van der Waals surface area contributed by atoms with Crippen molar-refractivity contribution in [2.24, 2.45) is 7.05 Å². The van der Waals surface area contributed by atoms with Crippen LogP contribution in [0.5, 0.6) is 0 Å². The number of aryl methyl sites for hydroxylation is 3. The number of halogens is 1. The third-order valence-corrected chi connectivity index (χ3v) is 5.79. The molecule has 0 aliphatic carbocycles. The van der Waals surface area contributed by atoms with Crippen LogP contribution >= 0.6 is 15.9 Å². The van der Waals surface area contributed by atoms with Crippen molar-refractivity contribution in [3.63, 3.8) is 0 Å². The Morgan fingerprint density at radius 2 is 1.79 bits per heavy atom. The summed E-state index contributed by atoms with van der Waals surface area (Å²) in [4.78, 5) is 24.1. The van der Waals surface area contributed by atoms with Crippen LogP contribution in [0.4, 0.5) is 0 Å². The van der Waals surface area contributed by atoms with E-state index in [4.69, 9.17) is 5.11 Å². The number of imidazole rings is 1. The molecule has 4 rings (SSSR count). The number of aliphatic carboxylic acids is 1. The maximum atomic E-state index is 13.1. The Hall–Kier alpha value is -2.80. The normalized spacial score (nSPS) is 11.5. The van der Waals surface area contributed by atoms with Crippen LogP contribution in [0.3, 0.4) is 0 Å². The highest BCUT2D eigenvalue weighted by Gasteiger charge is 2.17. The first kappa shape index (κ1) is 18.6. The number of nitrogens with zero attached hydrogens (tertiary/aromatic N) is 3. The number of carbonyl (C=O) groups is 1. The summed E-state index contributed by atoms with van der Waals surface area (Å²) in [7, 11) is 2.01. The predicted octanol–water partition coefficient (Wildman–Crippen LogP) is 3.89. The largest absolute Gasteiger partial charge is 0.481 e. The Balaban J connectivity index is 1.89. The highest BCUT2D eigenvalue weighted by atomic mass is 79.9. The first-order chi connectivity index (χ1) is 13.4. The first-order valence-electron chi connectivity index (χ1n) is 9.01. The molecule has 0 aliphatic rings. The lowest BCUT2D eigenvalue weighted by Crippen LogP contribution is -2.25. The zero-order valence-electron chi connectivity index (χ0n) is 15.6. The van der Waals surface area contributed by atoms with Crippen LogP contribution in [0.1, 0.15) is 17.5 Å². The maximum Gasteiger partial charge on any atom is 0.329 e. The topological polar surface area (TPSA) is 69.2 Å². The molecule has 28 heavy (non-hydrogen) atoms. The van der Waals surface area contributed by atoms with Gasteiger partial charge in [-0.15, -0.1) is 0 Å². The van der Waals surface area contributed by atoms with Crippen LogP contribution in [-0.4, -0.2) is 24.8 Å². The van der Waals surface area contributed by atoms with Gasteiger partial charge in [-0.2, -0.15) is 0 Å². The van der Waals surface area contributed by atoms with Crippen LogP contribution in [-0.2, 0) is 24.9 Å². The van der Waals surface area contributed by atoms with Crippen molar-refractivity contribution < 1.29 is 9.90 Å². The van der Waals surface area contributed by atoms with Crippen molar-refractivity contribution in [3.05, 3.63) is 68.7 Å². The van der Waals surface area contributed by atoms with Crippen molar-refractivity contribution in [3.8, 4) is 0 Å². The van der Waals surface area contributed by atoms with Gasteiger partial charge >= 0.3 is 11.7 Å². The van der Waals surface area contributed by atoms with Gasteiger partial charge in [-0.1, -0.05) is 18.2 Å². The second kappa shape index (κ2) is 6.98. The number of hydrogen-bond donors (Lipinski definition) is 1. The Labute approximate surface area is 169 Å². The number of hydrogen-bond acceptors (Lipinski definition) is 2. The fourth-order valence-electron chi connectivity index (χ4n) is 3.96. The van der Waals surface area contributed by atoms with E-state index in [0.29, 0.717) is 6.54 Å². The molecule has 144 valence electrons. The standard InChI is InChI=1S/C21H20BrN3O3/c1-13-11-23(2)20-15(22)8-7-14(19(13)20)12-25-17-6-4-3-5-16(17)24(21(25)28)10-9-18(26)27/h3-8,11H,9-10,12H2,1-2H3,(H,26,27). The van der Waals surface area contributed by atoms with Gasteiger partial charge in [0.1, 0.15) is 0 Å². The van der Waals surface area contributed by atoms with Gasteiger partial charge in [-0.25, -0.2) is 4.79 Å². The van der Waals surface area contributed by atoms with Crippen molar-refractivity contribution in [2.75, 3.05) is 0 Å². The summed E-state index contributed by atoms with van der Waals surface area (Å²) in [6, 6.07) is 11.6. The summed E-state index contributed by atoms with van der Waals surface area (Å²) < 4.78 is 6.37. The Morgan fingerprint density at radius 3 is 2.46 bits per heavy atom. The van der Waals surface area contributed by atoms with Gasteiger partial charge in [0, 0.05) is 29.6 Å². The lowest BCUT2D eigenvalue weighted by molar-refractivity contribution is -0.137. The van der Waals surface area contributed by atoms with Gasteiger partial charge in [0.05, 0.1) is 29.5 Å². The van der Waals surface area contributed by atoms with Crippen molar-refractivity contribution in [1.29, 1.82) is 0 Å². The summed E-state index contributed by atoms with van der Waals surface area (Å²) in [5.74, 6) is -0.918. The van der Waals surface area contributed by atoms with Crippen LogP contribution in [0.25, 0.3) is 21.9 Å². The van der Waals surface area contributed by atoms with E-state index in [1.54, 1.807) is 9.13 Å². The number of carboxylic acid groups (broad SMARTS) is 1. The molecule has 0 fully saturated rings. The number of rotatable bonds is 5. The molecule has 2 aromatic carbocycles. The number of aromatic nitrogens is 3. The molecule has 6 nitrogen and oxygen atoms in total. The van der Waals surface area contributed by atoms with E-state index in [-0.39, 0.29) is 18.7 Å². The molecule has 4 aromatic rings. The number of carboxylic acids is 1. The number of fused-ring (bicyclic) bond motifs is 2. The van der Waals surface area contributed by atoms with E-state index in [9.17, 15) is 9.59 Å². The monoisotopic (exact) mass is 441 g/mol. The molecule has 0 aliphatic heterocycles. The van der Waals surface area contributed by atoms with Crippen LogP contribution in [0, 0.1) is 6.92 Å². The van der Waals surface area contributed by atoms with Gasteiger partial charge in [-0.05, 0) is 52.2 Å². The summed E-state index contributed by atoms with van der Waals surface area (Å²) in [6.45, 7) is 2.65. The van der Waals surface area contributed by atoms with E-state index in [2.05, 4.69) is 33.6 Å². The fraction of sp³-hybridized carbons (Fsp3) is 0.238. The zero-order valence-corrected chi connectivity index (χ0v) is 17.2. The summed E-state index contributed by atoms with van der Waals surface area (Å²) >= 11 is 3.62. The second-order valence-corrected chi connectivity index (χ2v) is 7.86. The van der Waals surface area contributed by atoms with E-state index in [1.165, 1.54) is 0 Å². The van der Waals surface area contributed by atoms with Crippen LogP contribution in [0.15, 0.2) is 51.9 Å². The van der Waals surface area contributed by atoms with E-state index in [1.807, 2.05) is 43.4 Å². The number of para-hydroxylation sites is 2. The summed E-state index contributed by atoms with van der Waals surface area (Å²) in [5, 5.41) is 10.2. The predicted molar refractivity (Wildman–Crippen MR) is 113 cm³/mol. The molecule has 2 heterocycles. The minimum Gasteiger partial charge on any atom is -0.481 e. The molecule has 0 radical (unpaired) electrons. The molecule has 0 saturated carbocycles. The minimum atomic E-state index is -0.918. The van der Waals surface area contributed by atoms with Gasteiger partial charge in [0.2, 0.25) is 0 Å². The minimum absolute atomic E-state index is 0.0891. The lowest BCUT2D eigenvalue weighted by atomic mass is 10.1. The SMILES string of the molecule is Cc1cn(C)c2c(Br)ccc(Cn3c(=O)n(CCC(=O)O)c4ccccc43)c12. The maximum absolute atomic E-state index is 13.1. The molecule has 0 atom stereocenters. The van der Waals surface area contributed by atoms with Crippen molar-refractivity contribution in [1.82, 2.24) is 13.7 Å². The molecule has 0 amide bonds. The van der Waals surface area contributed by atoms with E-state index >= 15 is 0 Å². The lowest BCUT2D eigenvalue weighted by Gasteiger charge is -2.09. The first-order valence-corrected chi connectivity index (χ1v) is 9.80. The quantitative estimate of drug-likeness (QED) is 0.510. The van der Waals surface area contributed by atoms with Crippen LogP contribution < -0.4 is 5.69 Å². The highest BCUT2D eigenvalue weighted by Crippen LogP contribution is 2.31. The molecule has 0 bridgehead atoms. The average Bonchev–Trinajstić information content (AvgIpc) is 3.10. The zero-order chi connectivity index (χ0) is 20.0. The van der Waals surface area contributed by atoms with Gasteiger partial charge in [0.25, 0.3) is 0 Å². The number of benzene rings is 2. The third kappa shape index (κ3) is 2.96. The molecule has 1 N–H and O–H groups in total. The molecular formula is C21H20BrN3O3. The Kier molecular flexibility index (Phi) is 4.63. The second-order valence-electron chi connectivity index (χ2n) is 7.01. The van der Waals surface area contributed by atoms with Gasteiger partial charge in [-0.3, -0.25) is 13.9 Å². The van der Waals surface area contributed by atoms with Crippen LogP contribution in [0.2, 0.25) is 0 Å². The molecular weight excluding hydrogens is 422 g/mol. The average molecular weight is 442 g/mol. The Bertz CT molecular complexity index is 1280.